The topological polar surface area (TPSA) is 26.0 Å². The van der Waals surface area contributed by atoms with E-state index in [1.165, 1.54) is 31.3 Å². The molecule has 0 atom stereocenters. The molecule has 4 rings (SSSR count). The summed E-state index contributed by atoms with van der Waals surface area (Å²) in [5, 5.41) is 2.44. The average molecular weight is 305 g/mol. The lowest BCUT2D eigenvalue weighted by Gasteiger charge is -2.02. The molecular weight excluding hydrogens is 286 g/mol. The minimum atomic E-state index is 0.860. The van der Waals surface area contributed by atoms with Crippen molar-refractivity contribution < 1.29 is 0 Å². The fourth-order valence-corrected chi connectivity index (χ4v) is 3.78. The maximum absolute atomic E-state index is 6.16. The molecule has 0 saturated heterocycles. The van der Waals surface area contributed by atoms with Gasteiger partial charge in [-0.15, -0.1) is 11.3 Å². The van der Waals surface area contributed by atoms with Crippen molar-refractivity contribution in [3.63, 3.8) is 0 Å². The molecule has 0 aliphatic rings. The number of nitrogens with two attached hydrogens (primary N) is 1. The molecule has 2 N–H and O–H groups in total. The molecule has 0 bridgehead atoms. The molecule has 0 radical (unpaired) electrons. The second-order valence-corrected chi connectivity index (χ2v) is 5.98. The highest BCUT2D eigenvalue weighted by molar-refractivity contribution is 7.26. The molecule has 1 nitrogen and oxygen atoms in total. The maximum Gasteiger partial charge on any atom is 0.0408 e. The Hall–Kier alpha value is -2.32. The van der Waals surface area contributed by atoms with Crippen molar-refractivity contribution in [3.05, 3.63) is 66.7 Å². The largest absolute Gasteiger partial charge is 0.398 e. The van der Waals surface area contributed by atoms with Crippen LogP contribution in [0.3, 0.4) is 0 Å². The molecule has 22 heavy (non-hydrogen) atoms. The van der Waals surface area contributed by atoms with Crippen LogP contribution in [0, 0.1) is 0 Å². The Bertz CT molecular complexity index is 907. The van der Waals surface area contributed by atoms with E-state index in [0.29, 0.717) is 0 Å². The van der Waals surface area contributed by atoms with Crippen LogP contribution < -0.4 is 5.73 Å². The van der Waals surface area contributed by atoms with Gasteiger partial charge in [-0.1, -0.05) is 56.3 Å². The second kappa shape index (κ2) is 6.20. The highest BCUT2D eigenvalue weighted by Crippen LogP contribution is 2.38. The third-order valence-electron chi connectivity index (χ3n) is 3.63. The van der Waals surface area contributed by atoms with Gasteiger partial charge in [0, 0.05) is 25.9 Å². The van der Waals surface area contributed by atoms with Gasteiger partial charge in [0.05, 0.1) is 0 Å². The third-order valence-corrected chi connectivity index (χ3v) is 4.77. The summed E-state index contributed by atoms with van der Waals surface area (Å²) in [5.74, 6) is 0. The van der Waals surface area contributed by atoms with E-state index >= 15 is 0 Å². The van der Waals surface area contributed by atoms with Crippen LogP contribution in [0.4, 0.5) is 5.69 Å². The number of thiophene rings is 1. The summed E-state index contributed by atoms with van der Waals surface area (Å²) in [7, 11) is 0. The minimum Gasteiger partial charge on any atom is -0.398 e. The van der Waals surface area contributed by atoms with Crippen molar-refractivity contribution in [3.8, 4) is 11.1 Å². The summed E-state index contributed by atoms with van der Waals surface area (Å²) in [5.41, 5.74) is 9.50. The van der Waals surface area contributed by atoms with Crippen molar-refractivity contribution in [1.82, 2.24) is 0 Å². The first-order valence-corrected chi connectivity index (χ1v) is 8.41. The highest BCUT2D eigenvalue weighted by atomic mass is 32.1. The van der Waals surface area contributed by atoms with Crippen LogP contribution in [-0.2, 0) is 0 Å². The zero-order chi connectivity index (χ0) is 15.5. The monoisotopic (exact) mass is 305 g/mol. The summed E-state index contributed by atoms with van der Waals surface area (Å²) >= 11 is 1.80. The third kappa shape index (κ3) is 2.46. The zero-order valence-electron chi connectivity index (χ0n) is 12.8. The molecule has 4 aromatic rings. The van der Waals surface area contributed by atoms with Crippen LogP contribution >= 0.6 is 11.3 Å². The maximum atomic E-state index is 6.16. The quantitative estimate of drug-likeness (QED) is 0.408. The Kier molecular flexibility index (Phi) is 4.12. The lowest BCUT2D eigenvalue weighted by Crippen LogP contribution is -1.84. The van der Waals surface area contributed by atoms with Gasteiger partial charge in [-0.3, -0.25) is 0 Å². The first kappa shape index (κ1) is 14.6. The van der Waals surface area contributed by atoms with E-state index in [-0.39, 0.29) is 0 Å². The number of fused-ring (bicyclic) bond motifs is 3. The first-order valence-electron chi connectivity index (χ1n) is 7.59. The van der Waals surface area contributed by atoms with E-state index in [1.54, 1.807) is 11.3 Å². The van der Waals surface area contributed by atoms with Gasteiger partial charge in [-0.25, -0.2) is 0 Å². The molecule has 0 aliphatic heterocycles. The predicted molar refractivity (Wildman–Crippen MR) is 101 cm³/mol. The number of rotatable bonds is 1. The average Bonchev–Trinajstić information content (AvgIpc) is 2.96. The Morgan fingerprint density at radius 2 is 1.50 bits per heavy atom. The number of anilines is 1. The molecule has 0 aliphatic carbocycles. The summed E-state index contributed by atoms with van der Waals surface area (Å²) in [4.78, 5) is 0. The zero-order valence-corrected chi connectivity index (χ0v) is 13.7. The first-order chi connectivity index (χ1) is 10.8. The number of nitrogen functional groups attached to an aromatic ring is 1. The molecule has 0 amide bonds. The second-order valence-electron chi connectivity index (χ2n) is 4.90. The lowest BCUT2D eigenvalue weighted by atomic mass is 10.0. The standard InChI is InChI=1S/C18H13NS.C2H6/c19-15-7-4-8-17-18(15)14-11-13(9-10-16(14)20-17)12-5-2-1-3-6-12;1-2/h1-11H,19H2;1-2H3. The summed E-state index contributed by atoms with van der Waals surface area (Å²) < 4.78 is 2.54. The fraction of sp³-hybridized carbons (Fsp3) is 0.100. The molecule has 1 heterocycles. The van der Waals surface area contributed by atoms with Gasteiger partial charge < -0.3 is 5.73 Å². The number of hydrogen-bond donors (Lipinski definition) is 1. The smallest absolute Gasteiger partial charge is 0.0408 e. The highest BCUT2D eigenvalue weighted by Gasteiger charge is 2.08. The van der Waals surface area contributed by atoms with E-state index in [2.05, 4.69) is 48.5 Å². The fourth-order valence-electron chi connectivity index (χ4n) is 2.66. The predicted octanol–water partition coefficient (Wildman–Crippen LogP) is 6.33. The van der Waals surface area contributed by atoms with Crippen molar-refractivity contribution in [2.75, 3.05) is 5.73 Å². The van der Waals surface area contributed by atoms with Gasteiger partial charge in [0.15, 0.2) is 0 Å². The Morgan fingerprint density at radius 1 is 0.727 bits per heavy atom. The Balaban J connectivity index is 0.000000693. The molecule has 0 saturated carbocycles. The lowest BCUT2D eigenvalue weighted by molar-refractivity contribution is 1.50. The summed E-state index contributed by atoms with van der Waals surface area (Å²) in [6.07, 6.45) is 0. The summed E-state index contributed by atoms with van der Waals surface area (Å²) in [6.45, 7) is 4.00. The number of hydrogen-bond acceptors (Lipinski definition) is 2. The van der Waals surface area contributed by atoms with E-state index in [9.17, 15) is 0 Å². The molecular formula is C20H19NS. The number of benzene rings is 3. The minimum absolute atomic E-state index is 0.860. The molecule has 3 aromatic carbocycles. The summed E-state index contributed by atoms with van der Waals surface area (Å²) in [6, 6.07) is 23.2. The molecule has 110 valence electrons. The van der Waals surface area contributed by atoms with Gasteiger partial charge in [-0.05, 0) is 35.4 Å². The van der Waals surface area contributed by atoms with E-state index < -0.39 is 0 Å². The molecule has 0 unspecified atom stereocenters. The molecule has 0 spiro atoms. The van der Waals surface area contributed by atoms with Gasteiger partial charge in [0.2, 0.25) is 0 Å². The van der Waals surface area contributed by atoms with Crippen LogP contribution in [0.1, 0.15) is 13.8 Å². The van der Waals surface area contributed by atoms with Crippen LogP contribution in [0.2, 0.25) is 0 Å². The van der Waals surface area contributed by atoms with Crippen LogP contribution in [0.5, 0.6) is 0 Å². The van der Waals surface area contributed by atoms with Crippen molar-refractivity contribution >= 4 is 37.2 Å². The Morgan fingerprint density at radius 3 is 2.27 bits per heavy atom. The van der Waals surface area contributed by atoms with Gasteiger partial charge >= 0.3 is 0 Å². The Labute approximate surface area is 135 Å². The van der Waals surface area contributed by atoms with Crippen LogP contribution in [-0.4, -0.2) is 0 Å². The van der Waals surface area contributed by atoms with Crippen molar-refractivity contribution in [1.29, 1.82) is 0 Å². The van der Waals surface area contributed by atoms with E-state index in [1.807, 2.05) is 32.0 Å². The van der Waals surface area contributed by atoms with E-state index in [0.717, 1.165) is 5.69 Å². The van der Waals surface area contributed by atoms with Crippen molar-refractivity contribution in [2.24, 2.45) is 0 Å². The van der Waals surface area contributed by atoms with Gasteiger partial charge in [0.25, 0.3) is 0 Å². The van der Waals surface area contributed by atoms with E-state index in [4.69, 9.17) is 5.73 Å². The van der Waals surface area contributed by atoms with Crippen molar-refractivity contribution in [2.45, 2.75) is 13.8 Å². The normalized spacial score (nSPS) is 10.5. The molecule has 1 aromatic heterocycles. The van der Waals surface area contributed by atoms with Crippen LogP contribution in [0.15, 0.2) is 66.7 Å². The van der Waals surface area contributed by atoms with Gasteiger partial charge in [-0.2, -0.15) is 0 Å². The molecule has 2 heteroatoms. The van der Waals surface area contributed by atoms with Crippen LogP contribution in [0.25, 0.3) is 31.3 Å². The van der Waals surface area contributed by atoms with Gasteiger partial charge in [0.1, 0.15) is 0 Å². The SMILES string of the molecule is CC.Nc1cccc2sc3ccc(-c4ccccc4)cc3c12. The molecule has 0 fully saturated rings.